The van der Waals surface area contributed by atoms with E-state index in [1.165, 1.54) is 44.5 Å². The molecule has 0 radical (unpaired) electrons. The molecule has 1 unspecified atom stereocenters. The first kappa shape index (κ1) is 14.5. The minimum atomic E-state index is 0.181. The van der Waals surface area contributed by atoms with Crippen molar-refractivity contribution in [2.45, 2.75) is 31.7 Å². The molecule has 1 aromatic rings. The summed E-state index contributed by atoms with van der Waals surface area (Å²) < 4.78 is 0. The third-order valence-corrected chi connectivity index (χ3v) is 3.83. The molecule has 0 amide bonds. The Kier molecular flexibility index (Phi) is 6.34. The van der Waals surface area contributed by atoms with Gasteiger partial charge in [-0.15, -0.1) is 0 Å². The SMILES string of the molecule is OCC(Cc1ccccc1)NCCCN1CCCC1. The highest BCUT2D eigenvalue weighted by atomic mass is 16.3. The molecule has 1 fully saturated rings. The molecule has 3 nitrogen and oxygen atoms in total. The maximum atomic E-state index is 9.43. The summed E-state index contributed by atoms with van der Waals surface area (Å²) in [6.45, 7) is 4.94. The average molecular weight is 262 g/mol. The number of likely N-dealkylation sites (tertiary alicyclic amines) is 1. The number of aliphatic hydroxyl groups is 1. The highest BCUT2D eigenvalue weighted by molar-refractivity contribution is 5.15. The summed E-state index contributed by atoms with van der Waals surface area (Å²) >= 11 is 0. The largest absolute Gasteiger partial charge is 0.395 e. The van der Waals surface area contributed by atoms with Gasteiger partial charge in [-0.1, -0.05) is 30.3 Å². The van der Waals surface area contributed by atoms with Crippen LogP contribution in [0.5, 0.6) is 0 Å². The first-order valence-electron chi connectivity index (χ1n) is 7.49. The van der Waals surface area contributed by atoms with E-state index >= 15 is 0 Å². The van der Waals surface area contributed by atoms with E-state index in [1.54, 1.807) is 0 Å². The zero-order valence-electron chi connectivity index (χ0n) is 11.7. The molecule has 1 aromatic carbocycles. The molecule has 2 N–H and O–H groups in total. The molecular weight excluding hydrogens is 236 g/mol. The van der Waals surface area contributed by atoms with Crippen LogP contribution in [-0.4, -0.2) is 48.8 Å². The molecule has 1 aliphatic rings. The molecule has 3 heteroatoms. The van der Waals surface area contributed by atoms with Crippen molar-refractivity contribution >= 4 is 0 Å². The van der Waals surface area contributed by atoms with Gasteiger partial charge in [0.15, 0.2) is 0 Å². The molecular formula is C16H26N2O. The molecule has 0 aromatic heterocycles. The van der Waals surface area contributed by atoms with Gasteiger partial charge in [0, 0.05) is 6.04 Å². The van der Waals surface area contributed by atoms with Crippen LogP contribution in [0.15, 0.2) is 30.3 Å². The van der Waals surface area contributed by atoms with Gasteiger partial charge in [0.2, 0.25) is 0 Å². The normalized spacial score (nSPS) is 17.7. The van der Waals surface area contributed by atoms with E-state index in [1.807, 2.05) is 6.07 Å². The Morgan fingerprint density at radius 2 is 1.89 bits per heavy atom. The molecule has 1 saturated heterocycles. The minimum Gasteiger partial charge on any atom is -0.395 e. The fraction of sp³-hybridized carbons (Fsp3) is 0.625. The fourth-order valence-corrected chi connectivity index (χ4v) is 2.71. The summed E-state index contributed by atoms with van der Waals surface area (Å²) in [4.78, 5) is 2.53. The second-order valence-electron chi connectivity index (χ2n) is 5.43. The summed E-state index contributed by atoms with van der Waals surface area (Å²) in [5, 5.41) is 12.9. The van der Waals surface area contributed by atoms with Crippen molar-refractivity contribution in [3.63, 3.8) is 0 Å². The van der Waals surface area contributed by atoms with Crippen LogP contribution in [0.3, 0.4) is 0 Å². The molecule has 2 rings (SSSR count). The molecule has 0 saturated carbocycles. The topological polar surface area (TPSA) is 35.5 Å². The molecule has 1 heterocycles. The van der Waals surface area contributed by atoms with Gasteiger partial charge in [-0.05, 0) is 57.4 Å². The molecule has 1 atom stereocenters. The number of rotatable bonds is 8. The van der Waals surface area contributed by atoms with Crippen molar-refractivity contribution in [3.8, 4) is 0 Å². The van der Waals surface area contributed by atoms with E-state index in [-0.39, 0.29) is 12.6 Å². The number of aliphatic hydroxyl groups excluding tert-OH is 1. The molecule has 0 bridgehead atoms. The van der Waals surface area contributed by atoms with Gasteiger partial charge < -0.3 is 15.3 Å². The summed E-state index contributed by atoms with van der Waals surface area (Å²) in [6, 6.07) is 10.6. The van der Waals surface area contributed by atoms with Gasteiger partial charge in [-0.25, -0.2) is 0 Å². The number of hydrogen-bond donors (Lipinski definition) is 2. The Bertz CT molecular complexity index is 336. The summed E-state index contributed by atoms with van der Waals surface area (Å²) in [5.74, 6) is 0. The predicted molar refractivity (Wildman–Crippen MR) is 79.3 cm³/mol. The zero-order chi connectivity index (χ0) is 13.3. The van der Waals surface area contributed by atoms with Gasteiger partial charge in [0.1, 0.15) is 0 Å². The van der Waals surface area contributed by atoms with Gasteiger partial charge >= 0.3 is 0 Å². The highest BCUT2D eigenvalue weighted by Gasteiger charge is 2.11. The molecule has 106 valence electrons. The number of hydrogen-bond acceptors (Lipinski definition) is 3. The fourth-order valence-electron chi connectivity index (χ4n) is 2.71. The number of nitrogens with zero attached hydrogens (tertiary/aromatic N) is 1. The Labute approximate surface area is 116 Å². The summed E-state index contributed by atoms with van der Waals surface area (Å²) in [5.41, 5.74) is 1.29. The van der Waals surface area contributed by atoms with Gasteiger partial charge in [0.25, 0.3) is 0 Å². The Morgan fingerprint density at radius 1 is 1.16 bits per heavy atom. The average Bonchev–Trinajstić information content (AvgIpc) is 2.96. The van der Waals surface area contributed by atoms with Crippen molar-refractivity contribution in [2.75, 3.05) is 32.8 Å². The lowest BCUT2D eigenvalue weighted by molar-refractivity contribution is 0.238. The third-order valence-electron chi connectivity index (χ3n) is 3.83. The maximum Gasteiger partial charge on any atom is 0.0587 e. The van der Waals surface area contributed by atoms with E-state index in [2.05, 4.69) is 34.5 Å². The van der Waals surface area contributed by atoms with Crippen molar-refractivity contribution < 1.29 is 5.11 Å². The van der Waals surface area contributed by atoms with Crippen molar-refractivity contribution in [3.05, 3.63) is 35.9 Å². The molecule has 19 heavy (non-hydrogen) atoms. The Hall–Kier alpha value is -0.900. The lowest BCUT2D eigenvalue weighted by Gasteiger charge is -2.18. The lowest BCUT2D eigenvalue weighted by atomic mass is 10.1. The number of benzene rings is 1. The lowest BCUT2D eigenvalue weighted by Crippen LogP contribution is -2.36. The summed E-state index contributed by atoms with van der Waals surface area (Å²) in [7, 11) is 0. The predicted octanol–water partition coefficient (Wildman–Crippen LogP) is 1.67. The third kappa shape index (κ3) is 5.31. The molecule has 0 aliphatic carbocycles. The van der Waals surface area contributed by atoms with Crippen molar-refractivity contribution in [1.82, 2.24) is 10.2 Å². The Morgan fingerprint density at radius 3 is 2.58 bits per heavy atom. The van der Waals surface area contributed by atoms with Gasteiger partial charge in [-0.3, -0.25) is 0 Å². The maximum absolute atomic E-state index is 9.43. The van der Waals surface area contributed by atoms with Crippen LogP contribution < -0.4 is 5.32 Å². The van der Waals surface area contributed by atoms with E-state index in [0.717, 1.165) is 13.0 Å². The summed E-state index contributed by atoms with van der Waals surface area (Å²) in [6.07, 6.45) is 4.80. The monoisotopic (exact) mass is 262 g/mol. The first-order chi connectivity index (χ1) is 9.38. The molecule has 0 spiro atoms. The van der Waals surface area contributed by atoms with E-state index in [0.29, 0.717) is 0 Å². The van der Waals surface area contributed by atoms with E-state index < -0.39 is 0 Å². The van der Waals surface area contributed by atoms with Crippen LogP contribution in [0.4, 0.5) is 0 Å². The van der Waals surface area contributed by atoms with Crippen LogP contribution in [0.1, 0.15) is 24.8 Å². The quantitative estimate of drug-likeness (QED) is 0.700. The van der Waals surface area contributed by atoms with E-state index in [9.17, 15) is 5.11 Å². The Balaban J connectivity index is 1.62. The standard InChI is InChI=1S/C16H26N2O/c19-14-16(13-15-7-2-1-3-8-15)17-9-6-12-18-10-4-5-11-18/h1-3,7-8,16-17,19H,4-6,9-14H2. The van der Waals surface area contributed by atoms with Crippen LogP contribution >= 0.6 is 0 Å². The highest BCUT2D eigenvalue weighted by Crippen LogP contribution is 2.07. The van der Waals surface area contributed by atoms with Gasteiger partial charge in [0.05, 0.1) is 6.61 Å². The van der Waals surface area contributed by atoms with Crippen LogP contribution in [0.25, 0.3) is 0 Å². The van der Waals surface area contributed by atoms with E-state index in [4.69, 9.17) is 0 Å². The second-order valence-corrected chi connectivity index (χ2v) is 5.43. The number of nitrogens with one attached hydrogen (secondary N) is 1. The van der Waals surface area contributed by atoms with Crippen LogP contribution in [0.2, 0.25) is 0 Å². The smallest absolute Gasteiger partial charge is 0.0587 e. The van der Waals surface area contributed by atoms with Crippen LogP contribution in [0, 0.1) is 0 Å². The van der Waals surface area contributed by atoms with Crippen molar-refractivity contribution in [1.29, 1.82) is 0 Å². The molecule has 1 aliphatic heterocycles. The second kappa shape index (κ2) is 8.31. The first-order valence-corrected chi connectivity index (χ1v) is 7.49. The van der Waals surface area contributed by atoms with Crippen LogP contribution in [-0.2, 0) is 6.42 Å². The minimum absolute atomic E-state index is 0.181. The zero-order valence-corrected chi connectivity index (χ0v) is 11.7. The van der Waals surface area contributed by atoms with Gasteiger partial charge in [-0.2, -0.15) is 0 Å². The van der Waals surface area contributed by atoms with Crippen molar-refractivity contribution in [2.24, 2.45) is 0 Å².